The zero-order valence-electron chi connectivity index (χ0n) is 13.2. The predicted molar refractivity (Wildman–Crippen MR) is 93.0 cm³/mol. The van der Waals surface area contributed by atoms with Crippen LogP contribution < -0.4 is 0 Å². The van der Waals surface area contributed by atoms with Crippen LogP contribution in [0.1, 0.15) is 18.4 Å². The Morgan fingerprint density at radius 3 is 2.17 bits per heavy atom. The molecule has 0 spiro atoms. The van der Waals surface area contributed by atoms with Crippen molar-refractivity contribution in [1.82, 2.24) is 4.90 Å². The largest absolute Gasteiger partial charge is 0.377 e. The highest BCUT2D eigenvalue weighted by molar-refractivity contribution is 5.97. The van der Waals surface area contributed by atoms with E-state index in [1.165, 1.54) is 11.1 Å². The molecule has 1 saturated heterocycles. The first kappa shape index (κ1) is 14.3. The Kier molecular flexibility index (Phi) is 3.74. The van der Waals surface area contributed by atoms with Gasteiger partial charge in [-0.3, -0.25) is 4.79 Å². The van der Waals surface area contributed by atoms with Crippen LogP contribution in [0.4, 0.5) is 0 Å². The molecule has 3 heterocycles. The van der Waals surface area contributed by atoms with Crippen LogP contribution in [0.5, 0.6) is 0 Å². The highest BCUT2D eigenvalue weighted by Gasteiger charge is 2.30. The van der Waals surface area contributed by atoms with Crippen molar-refractivity contribution in [3.63, 3.8) is 0 Å². The summed E-state index contributed by atoms with van der Waals surface area (Å²) in [5.74, 6) is 0.794. The van der Waals surface area contributed by atoms with Crippen molar-refractivity contribution in [2.75, 3.05) is 13.1 Å². The van der Waals surface area contributed by atoms with Crippen LogP contribution in [0.3, 0.4) is 0 Å². The van der Waals surface area contributed by atoms with Gasteiger partial charge in [-0.1, -0.05) is 54.6 Å². The molecule has 2 heteroatoms. The maximum Gasteiger partial charge on any atom is 0.164 e. The van der Waals surface area contributed by atoms with E-state index in [1.807, 2.05) is 18.2 Å². The zero-order chi connectivity index (χ0) is 15.6. The summed E-state index contributed by atoms with van der Waals surface area (Å²) in [6, 6.07) is 18.7. The van der Waals surface area contributed by atoms with Gasteiger partial charge >= 0.3 is 0 Å². The molecule has 0 N–H and O–H groups in total. The summed E-state index contributed by atoms with van der Waals surface area (Å²) >= 11 is 0. The lowest BCUT2D eigenvalue weighted by molar-refractivity contribution is -0.116. The fourth-order valence-corrected chi connectivity index (χ4v) is 3.67. The molecule has 116 valence electrons. The second-order valence-electron chi connectivity index (χ2n) is 6.56. The quantitative estimate of drug-likeness (QED) is 0.848. The van der Waals surface area contributed by atoms with Gasteiger partial charge < -0.3 is 4.90 Å². The van der Waals surface area contributed by atoms with E-state index in [1.54, 1.807) is 0 Å². The fraction of sp³-hybridized carbons (Fsp3) is 0.286. The second-order valence-corrected chi connectivity index (χ2v) is 6.56. The van der Waals surface area contributed by atoms with E-state index in [9.17, 15) is 4.79 Å². The summed E-state index contributed by atoms with van der Waals surface area (Å²) in [5.41, 5.74) is 4.57. The number of carbonyl (C=O) groups excluding carboxylic acids is 1. The standard InChI is InChI=1S/C21H21NO/c23-21(20-15-22-12-10-19(20)11-13-22)14-16-6-8-18(9-7-16)17-4-2-1-3-5-17/h1-9,15,19H,10-14H2. The predicted octanol–water partition coefficient (Wildman–Crippen LogP) is 4.07. The molecule has 3 aliphatic rings. The van der Waals surface area contributed by atoms with Crippen LogP contribution in [0.15, 0.2) is 66.4 Å². The summed E-state index contributed by atoms with van der Waals surface area (Å²) in [7, 11) is 0. The van der Waals surface area contributed by atoms with Gasteiger partial charge in [0.25, 0.3) is 0 Å². The van der Waals surface area contributed by atoms with Crippen molar-refractivity contribution in [1.29, 1.82) is 0 Å². The molecule has 0 radical (unpaired) electrons. The third kappa shape index (κ3) is 2.94. The van der Waals surface area contributed by atoms with Crippen molar-refractivity contribution in [2.45, 2.75) is 19.3 Å². The molecule has 0 aliphatic carbocycles. The molecular weight excluding hydrogens is 282 g/mol. The van der Waals surface area contributed by atoms with Gasteiger partial charge in [-0.05, 0) is 35.4 Å². The number of piperidine rings is 1. The number of fused-ring (bicyclic) bond motifs is 2. The first-order valence-corrected chi connectivity index (χ1v) is 8.43. The lowest BCUT2D eigenvalue weighted by Crippen LogP contribution is -2.38. The SMILES string of the molecule is O=C(Cc1ccc(-c2ccccc2)cc1)C1=CN2CCC1CC2. The van der Waals surface area contributed by atoms with E-state index >= 15 is 0 Å². The van der Waals surface area contributed by atoms with Crippen molar-refractivity contribution in [3.8, 4) is 11.1 Å². The molecule has 2 aromatic carbocycles. The number of nitrogens with zero attached hydrogens (tertiary/aromatic N) is 1. The minimum Gasteiger partial charge on any atom is -0.377 e. The van der Waals surface area contributed by atoms with Crippen LogP contribution >= 0.6 is 0 Å². The Balaban J connectivity index is 1.48. The lowest BCUT2D eigenvalue weighted by atomic mass is 9.82. The Hall–Kier alpha value is -2.35. The number of Topliss-reactive ketones (excluding diaryl/α,β-unsaturated/α-hetero) is 1. The summed E-state index contributed by atoms with van der Waals surface area (Å²) in [5, 5.41) is 0. The third-order valence-corrected chi connectivity index (χ3v) is 5.04. The maximum atomic E-state index is 12.6. The van der Waals surface area contributed by atoms with Gasteiger partial charge in [0.1, 0.15) is 0 Å². The maximum absolute atomic E-state index is 12.6. The molecule has 2 aromatic rings. The third-order valence-electron chi connectivity index (χ3n) is 5.04. The van der Waals surface area contributed by atoms with Crippen LogP contribution in [-0.4, -0.2) is 23.8 Å². The molecule has 0 aromatic heterocycles. The average molecular weight is 303 g/mol. The van der Waals surface area contributed by atoms with Crippen molar-refractivity contribution >= 4 is 5.78 Å². The van der Waals surface area contributed by atoms with Gasteiger partial charge in [-0.2, -0.15) is 0 Å². The van der Waals surface area contributed by atoms with Crippen LogP contribution in [0.2, 0.25) is 0 Å². The van der Waals surface area contributed by atoms with Crippen molar-refractivity contribution < 1.29 is 4.79 Å². The van der Waals surface area contributed by atoms with Crippen molar-refractivity contribution in [3.05, 3.63) is 71.9 Å². The average Bonchev–Trinajstić information content (AvgIpc) is 2.64. The topological polar surface area (TPSA) is 20.3 Å². The minimum absolute atomic E-state index is 0.298. The molecule has 0 atom stereocenters. The Morgan fingerprint density at radius 2 is 1.57 bits per heavy atom. The Bertz CT molecular complexity index is 722. The number of ketones is 1. The lowest BCUT2D eigenvalue weighted by Gasteiger charge is -2.38. The number of allylic oxidation sites excluding steroid dienone is 1. The van der Waals surface area contributed by atoms with E-state index in [0.29, 0.717) is 18.1 Å². The molecule has 0 unspecified atom stereocenters. The number of hydrogen-bond acceptors (Lipinski definition) is 2. The molecular formula is C21H21NO. The van der Waals surface area contributed by atoms with Gasteiger partial charge in [0.2, 0.25) is 0 Å². The van der Waals surface area contributed by atoms with E-state index < -0.39 is 0 Å². The highest BCUT2D eigenvalue weighted by atomic mass is 16.1. The summed E-state index contributed by atoms with van der Waals surface area (Å²) < 4.78 is 0. The van der Waals surface area contributed by atoms with Gasteiger partial charge in [0.15, 0.2) is 5.78 Å². The van der Waals surface area contributed by atoms with E-state index in [2.05, 4.69) is 47.5 Å². The Morgan fingerprint density at radius 1 is 0.913 bits per heavy atom. The molecule has 23 heavy (non-hydrogen) atoms. The Labute approximate surface area is 137 Å². The number of rotatable bonds is 4. The highest BCUT2D eigenvalue weighted by Crippen LogP contribution is 2.32. The molecule has 1 fully saturated rings. The molecule has 2 bridgehead atoms. The number of benzene rings is 2. The van der Waals surface area contributed by atoms with E-state index in [-0.39, 0.29) is 0 Å². The van der Waals surface area contributed by atoms with E-state index in [4.69, 9.17) is 0 Å². The summed E-state index contributed by atoms with van der Waals surface area (Å²) in [4.78, 5) is 14.9. The van der Waals surface area contributed by atoms with Gasteiger partial charge in [-0.25, -0.2) is 0 Å². The molecule has 3 aliphatic heterocycles. The smallest absolute Gasteiger partial charge is 0.164 e. The summed E-state index contributed by atoms with van der Waals surface area (Å²) in [6.45, 7) is 2.24. The fourth-order valence-electron chi connectivity index (χ4n) is 3.67. The number of carbonyl (C=O) groups is 1. The van der Waals surface area contributed by atoms with Crippen LogP contribution in [0, 0.1) is 5.92 Å². The molecule has 0 amide bonds. The normalized spacial score (nSPS) is 17.2. The van der Waals surface area contributed by atoms with E-state index in [0.717, 1.165) is 37.1 Å². The molecule has 2 nitrogen and oxygen atoms in total. The first-order valence-electron chi connectivity index (χ1n) is 8.43. The number of hydrogen-bond donors (Lipinski definition) is 0. The van der Waals surface area contributed by atoms with Gasteiger partial charge in [0, 0.05) is 31.3 Å². The molecule has 0 saturated carbocycles. The monoisotopic (exact) mass is 303 g/mol. The summed E-state index contributed by atoms with van der Waals surface area (Å²) in [6.07, 6.45) is 4.92. The zero-order valence-corrected chi connectivity index (χ0v) is 13.2. The van der Waals surface area contributed by atoms with Crippen LogP contribution in [0.25, 0.3) is 11.1 Å². The first-order chi connectivity index (χ1) is 11.3. The van der Waals surface area contributed by atoms with Gasteiger partial charge in [-0.15, -0.1) is 0 Å². The van der Waals surface area contributed by atoms with Crippen LogP contribution in [-0.2, 0) is 11.2 Å². The second kappa shape index (κ2) is 6.04. The minimum atomic E-state index is 0.298. The molecule has 5 rings (SSSR count). The van der Waals surface area contributed by atoms with Gasteiger partial charge in [0.05, 0.1) is 0 Å². The van der Waals surface area contributed by atoms with Crippen molar-refractivity contribution in [2.24, 2.45) is 5.92 Å².